The maximum absolute atomic E-state index is 11.6. The Hall–Kier alpha value is -1.93. The summed E-state index contributed by atoms with van der Waals surface area (Å²) >= 11 is 1.86. The smallest absolute Gasteiger partial charge is 0.283 e. The molecular weight excluding hydrogens is 491 g/mol. The molecule has 5 nitrogen and oxygen atoms in total. The van der Waals surface area contributed by atoms with Crippen molar-refractivity contribution in [2.24, 2.45) is 0 Å². The summed E-state index contributed by atoms with van der Waals surface area (Å²) in [7, 11) is 3.59. The summed E-state index contributed by atoms with van der Waals surface area (Å²) in [4.78, 5) is 24.9. The number of carbonyl (C=O) groups excluding carboxylic acids is 2. The van der Waals surface area contributed by atoms with Crippen molar-refractivity contribution in [3.05, 3.63) is 53.6 Å². The third-order valence-electron chi connectivity index (χ3n) is 6.01. The summed E-state index contributed by atoms with van der Waals surface area (Å²) in [6.45, 7) is 2.32. The molecule has 2 aromatic carbocycles. The fourth-order valence-electron chi connectivity index (χ4n) is 4.06. The molecule has 3 rings (SSSR count). The Balaban J connectivity index is 1.65. The summed E-state index contributed by atoms with van der Waals surface area (Å²) in [6.07, 6.45) is 4.19. The average Bonchev–Trinajstić information content (AvgIpc) is 2.77. The van der Waals surface area contributed by atoms with Gasteiger partial charge in [-0.25, -0.2) is 0 Å². The van der Waals surface area contributed by atoms with Crippen LogP contribution in [-0.4, -0.2) is 40.8 Å². The maximum atomic E-state index is 11.6. The molecule has 1 amide bonds. The van der Waals surface area contributed by atoms with Gasteiger partial charge in [-0.15, -0.1) is 0 Å². The number of Topliss-reactive ketones (excluding diaryl/α,β-unsaturated/α-hetero) is 1. The lowest BCUT2D eigenvalue weighted by Crippen LogP contribution is -2.41. The predicted octanol–water partition coefficient (Wildman–Crippen LogP) is 5.45. The summed E-state index contributed by atoms with van der Waals surface area (Å²) in [5.74, 6) is 0.945. The largest absolute Gasteiger partial charge is 0.496 e. The minimum absolute atomic E-state index is 0.0740. The van der Waals surface area contributed by atoms with Crippen molar-refractivity contribution in [2.45, 2.75) is 51.2 Å². The number of methoxy groups -OCH3 is 1. The highest BCUT2D eigenvalue weighted by atomic mass is 127. The number of hydrogen-bond donors (Lipinski definition) is 1. The van der Waals surface area contributed by atoms with E-state index in [1.54, 1.807) is 14.0 Å². The van der Waals surface area contributed by atoms with Crippen molar-refractivity contribution in [2.75, 3.05) is 14.2 Å². The van der Waals surface area contributed by atoms with Crippen molar-refractivity contribution < 1.29 is 14.3 Å². The number of benzene rings is 2. The van der Waals surface area contributed by atoms with Gasteiger partial charge in [-0.3, -0.25) is 9.59 Å². The van der Waals surface area contributed by atoms with Crippen LogP contribution in [0.4, 0.5) is 4.79 Å². The molecule has 0 aromatic heterocycles. The molecule has 0 radical (unpaired) electrons. The number of nitrogens with one attached hydrogen (secondary N) is 1. The normalized spacial score (nSPS) is 18.7. The first-order valence-electron chi connectivity index (χ1n) is 10.3. The molecule has 0 bridgehead atoms. The summed E-state index contributed by atoms with van der Waals surface area (Å²) in [5, 5.41) is 3.67. The molecule has 0 heterocycles. The standard InChI is InChI=1S/C24H29IN2O3/c1-16(28)17-4-6-18(7-5-17)19-8-13-23(30-3)20(14-19)15-26-21-9-11-22(12-10-21)27(2)24(25)29/h4-8,13-14,21-22,26H,9-12,15H2,1-3H3/t21-,22-. The Morgan fingerprint density at radius 3 is 2.27 bits per heavy atom. The number of hydrogen-bond acceptors (Lipinski definition) is 4. The van der Waals surface area contributed by atoms with Gasteiger partial charge in [0.25, 0.3) is 3.91 Å². The molecule has 1 N–H and O–H groups in total. The number of ether oxygens (including phenoxy) is 1. The van der Waals surface area contributed by atoms with Crippen molar-refractivity contribution in [3.63, 3.8) is 0 Å². The van der Waals surface area contributed by atoms with Crippen LogP contribution in [0.3, 0.4) is 0 Å². The molecule has 1 aliphatic carbocycles. The lowest BCUT2D eigenvalue weighted by Gasteiger charge is -2.34. The molecule has 1 aliphatic rings. The molecule has 0 saturated heterocycles. The molecule has 30 heavy (non-hydrogen) atoms. The fourth-order valence-corrected chi connectivity index (χ4v) is 4.45. The number of nitrogens with zero attached hydrogens (tertiary/aromatic N) is 1. The van der Waals surface area contributed by atoms with Gasteiger partial charge in [-0.2, -0.15) is 0 Å². The molecule has 0 aliphatic heterocycles. The van der Waals surface area contributed by atoms with Crippen LogP contribution in [0.15, 0.2) is 42.5 Å². The molecule has 1 fully saturated rings. The van der Waals surface area contributed by atoms with Gasteiger partial charge in [0.2, 0.25) is 0 Å². The molecule has 0 spiro atoms. The van der Waals surface area contributed by atoms with Crippen LogP contribution in [0.25, 0.3) is 11.1 Å². The number of carbonyl (C=O) groups is 2. The van der Waals surface area contributed by atoms with Gasteiger partial charge in [0.15, 0.2) is 5.78 Å². The third kappa shape index (κ3) is 5.60. The number of halogens is 1. The number of ketones is 1. The van der Waals surface area contributed by atoms with Gasteiger partial charge < -0.3 is 15.0 Å². The minimum atomic E-state index is 0.0740. The van der Waals surface area contributed by atoms with Crippen LogP contribution in [-0.2, 0) is 6.54 Å². The third-order valence-corrected chi connectivity index (χ3v) is 6.77. The molecule has 2 aromatic rings. The molecule has 160 valence electrons. The van der Waals surface area contributed by atoms with Crippen LogP contribution in [0.1, 0.15) is 48.5 Å². The van der Waals surface area contributed by atoms with Gasteiger partial charge in [-0.05, 0) is 55.9 Å². The highest BCUT2D eigenvalue weighted by molar-refractivity contribution is 14.1. The Morgan fingerprint density at radius 1 is 1.07 bits per heavy atom. The number of amides is 1. The second-order valence-electron chi connectivity index (χ2n) is 7.91. The zero-order valence-corrected chi connectivity index (χ0v) is 19.9. The quantitative estimate of drug-likeness (QED) is 0.228. The van der Waals surface area contributed by atoms with E-state index in [0.29, 0.717) is 12.1 Å². The molecule has 1 saturated carbocycles. The first kappa shape index (κ1) is 22.7. The van der Waals surface area contributed by atoms with Crippen LogP contribution in [0, 0.1) is 0 Å². The SMILES string of the molecule is COc1ccc(-c2ccc(C(C)=O)cc2)cc1CN[C@H]1CC[C@H](N(C)C(=O)I)CC1. The van der Waals surface area contributed by atoms with Crippen LogP contribution in [0.5, 0.6) is 5.75 Å². The minimum Gasteiger partial charge on any atom is -0.496 e. The van der Waals surface area contributed by atoms with Crippen LogP contribution < -0.4 is 10.1 Å². The zero-order chi connectivity index (χ0) is 21.7. The van der Waals surface area contributed by atoms with Gasteiger partial charge in [0, 0.05) is 59.4 Å². The van der Waals surface area contributed by atoms with E-state index < -0.39 is 0 Å². The van der Waals surface area contributed by atoms with E-state index in [9.17, 15) is 9.59 Å². The average molecular weight is 520 g/mol. The Morgan fingerprint density at radius 2 is 1.70 bits per heavy atom. The summed E-state index contributed by atoms with van der Waals surface area (Å²) in [6, 6.07) is 14.7. The summed E-state index contributed by atoms with van der Waals surface area (Å²) in [5.41, 5.74) is 4.02. The highest BCUT2D eigenvalue weighted by Gasteiger charge is 2.25. The van der Waals surface area contributed by atoms with E-state index in [-0.39, 0.29) is 9.70 Å². The van der Waals surface area contributed by atoms with Crippen LogP contribution >= 0.6 is 22.6 Å². The van der Waals surface area contributed by atoms with E-state index >= 15 is 0 Å². The van der Waals surface area contributed by atoms with Crippen LogP contribution in [0.2, 0.25) is 0 Å². The second-order valence-corrected chi connectivity index (χ2v) is 8.83. The first-order chi connectivity index (χ1) is 14.4. The van der Waals surface area contributed by atoms with E-state index in [0.717, 1.165) is 60.2 Å². The molecule has 0 atom stereocenters. The van der Waals surface area contributed by atoms with Crippen molar-refractivity contribution in [1.82, 2.24) is 10.2 Å². The van der Waals surface area contributed by atoms with E-state index in [1.807, 2.05) is 70.9 Å². The monoisotopic (exact) mass is 520 g/mol. The lowest BCUT2D eigenvalue weighted by molar-refractivity contribution is 0.101. The molecular formula is C24H29IN2O3. The van der Waals surface area contributed by atoms with Crippen molar-refractivity contribution >= 4 is 32.3 Å². The van der Waals surface area contributed by atoms with Crippen molar-refractivity contribution in [3.8, 4) is 16.9 Å². The molecule has 6 heteroatoms. The Labute approximate surface area is 192 Å². The van der Waals surface area contributed by atoms with Gasteiger partial charge in [0.05, 0.1) is 7.11 Å². The Bertz CT molecular complexity index is 890. The predicted molar refractivity (Wildman–Crippen MR) is 128 cm³/mol. The van der Waals surface area contributed by atoms with E-state index in [2.05, 4.69) is 11.4 Å². The highest BCUT2D eigenvalue weighted by Crippen LogP contribution is 2.28. The molecule has 0 unspecified atom stereocenters. The second kappa shape index (κ2) is 10.4. The van der Waals surface area contributed by atoms with Gasteiger partial charge >= 0.3 is 0 Å². The maximum Gasteiger partial charge on any atom is 0.283 e. The summed E-state index contributed by atoms with van der Waals surface area (Å²) < 4.78 is 5.68. The van der Waals surface area contributed by atoms with E-state index in [4.69, 9.17) is 4.74 Å². The fraction of sp³-hybridized carbons (Fsp3) is 0.417. The van der Waals surface area contributed by atoms with Gasteiger partial charge in [0.1, 0.15) is 5.75 Å². The van der Waals surface area contributed by atoms with Gasteiger partial charge in [-0.1, -0.05) is 30.3 Å². The topological polar surface area (TPSA) is 58.6 Å². The lowest BCUT2D eigenvalue weighted by atomic mass is 9.90. The zero-order valence-electron chi connectivity index (χ0n) is 17.8. The first-order valence-corrected chi connectivity index (χ1v) is 11.4. The van der Waals surface area contributed by atoms with Crippen molar-refractivity contribution in [1.29, 1.82) is 0 Å². The Kier molecular flexibility index (Phi) is 7.88. The number of rotatable bonds is 7. The van der Waals surface area contributed by atoms with E-state index in [1.165, 1.54) is 0 Å².